The minimum Gasteiger partial charge on any atom is -0.466 e. The molecule has 2 aliphatic heterocycles. The van der Waals surface area contributed by atoms with Crippen molar-refractivity contribution in [1.29, 1.82) is 0 Å². The van der Waals surface area contributed by atoms with Gasteiger partial charge in [-0.05, 0) is 32.4 Å². The summed E-state index contributed by atoms with van der Waals surface area (Å²) in [5.74, 6) is 2.00. The third-order valence-corrected chi connectivity index (χ3v) is 7.60. The summed E-state index contributed by atoms with van der Waals surface area (Å²) in [4.78, 5) is 40.0. The number of esters is 2. The van der Waals surface area contributed by atoms with Crippen LogP contribution in [0.15, 0.2) is 18.2 Å². The molecular weight excluding hydrogens is 496 g/mol. The van der Waals surface area contributed by atoms with E-state index in [2.05, 4.69) is 20.9 Å². The molecule has 1 aromatic carbocycles. The van der Waals surface area contributed by atoms with E-state index in [9.17, 15) is 9.59 Å². The van der Waals surface area contributed by atoms with Crippen LogP contribution in [0, 0.1) is 6.92 Å². The van der Waals surface area contributed by atoms with Crippen molar-refractivity contribution in [3.05, 3.63) is 40.0 Å². The Morgan fingerprint density at radius 3 is 2.59 bits per heavy atom. The summed E-state index contributed by atoms with van der Waals surface area (Å²) in [6, 6.07) is 5.98. The van der Waals surface area contributed by atoms with Crippen molar-refractivity contribution < 1.29 is 28.5 Å². The van der Waals surface area contributed by atoms with Gasteiger partial charge >= 0.3 is 11.9 Å². The Bertz CT molecular complexity index is 1320. The van der Waals surface area contributed by atoms with Gasteiger partial charge in [0.2, 0.25) is 6.79 Å². The number of piperazine rings is 1. The normalized spacial score (nSPS) is 15.3. The number of benzene rings is 1. The topological polar surface area (TPSA) is 103 Å². The zero-order valence-electron chi connectivity index (χ0n) is 21.2. The van der Waals surface area contributed by atoms with E-state index in [0.29, 0.717) is 28.7 Å². The summed E-state index contributed by atoms with van der Waals surface area (Å²) in [5, 5.41) is 0.834. The average Bonchev–Trinajstić information content (AvgIpc) is 3.50. The molecule has 2 aromatic heterocycles. The monoisotopic (exact) mass is 526 g/mol. The number of para-hydroxylation sites is 1. The molecule has 1 fully saturated rings. The molecule has 0 bridgehead atoms. The quantitative estimate of drug-likeness (QED) is 0.406. The van der Waals surface area contributed by atoms with Crippen LogP contribution in [-0.2, 0) is 27.2 Å². The fraction of sp³-hybridized carbons (Fsp3) is 0.462. The van der Waals surface area contributed by atoms with Crippen LogP contribution in [0.2, 0.25) is 0 Å². The van der Waals surface area contributed by atoms with Gasteiger partial charge in [-0.1, -0.05) is 12.1 Å². The van der Waals surface area contributed by atoms with Crippen molar-refractivity contribution in [3.63, 3.8) is 0 Å². The highest BCUT2D eigenvalue weighted by Crippen LogP contribution is 2.38. The van der Waals surface area contributed by atoms with Crippen molar-refractivity contribution in [2.45, 2.75) is 33.7 Å². The maximum atomic E-state index is 12.6. The number of aromatic nitrogens is 2. The Kier molecular flexibility index (Phi) is 7.43. The molecule has 0 N–H and O–H groups in total. The van der Waals surface area contributed by atoms with Gasteiger partial charge in [0.15, 0.2) is 11.5 Å². The van der Waals surface area contributed by atoms with Gasteiger partial charge in [-0.25, -0.2) is 14.8 Å². The molecule has 0 aliphatic carbocycles. The largest absolute Gasteiger partial charge is 0.466 e. The Morgan fingerprint density at radius 2 is 1.84 bits per heavy atom. The lowest BCUT2D eigenvalue weighted by Gasteiger charge is -2.36. The summed E-state index contributed by atoms with van der Waals surface area (Å²) < 4.78 is 21.6. The van der Waals surface area contributed by atoms with Crippen LogP contribution in [0.5, 0.6) is 11.5 Å². The molecule has 0 unspecified atom stereocenters. The first-order chi connectivity index (χ1) is 18.0. The molecule has 2 aliphatic rings. The van der Waals surface area contributed by atoms with Crippen LogP contribution in [-0.4, -0.2) is 73.0 Å². The van der Waals surface area contributed by atoms with Crippen molar-refractivity contribution in [2.75, 3.05) is 51.1 Å². The second-order valence-corrected chi connectivity index (χ2v) is 9.82. The number of hydrogen-bond acceptors (Lipinski definition) is 11. The first kappa shape index (κ1) is 25.2. The van der Waals surface area contributed by atoms with Gasteiger partial charge in [0, 0.05) is 38.3 Å². The van der Waals surface area contributed by atoms with E-state index in [-0.39, 0.29) is 25.2 Å². The minimum atomic E-state index is -0.377. The molecule has 10 nitrogen and oxygen atoms in total. The first-order valence-corrected chi connectivity index (χ1v) is 13.3. The Labute approximate surface area is 219 Å². The number of fused-ring (bicyclic) bond motifs is 2. The molecule has 5 rings (SSSR count). The van der Waals surface area contributed by atoms with Crippen molar-refractivity contribution in [3.8, 4) is 11.5 Å². The second kappa shape index (κ2) is 10.9. The number of carbonyl (C=O) groups excluding carboxylic acids is 2. The van der Waals surface area contributed by atoms with Crippen LogP contribution in [0.3, 0.4) is 0 Å². The van der Waals surface area contributed by atoms with Crippen LogP contribution in [0.1, 0.15) is 40.5 Å². The van der Waals surface area contributed by atoms with Crippen molar-refractivity contribution in [2.24, 2.45) is 0 Å². The Morgan fingerprint density at radius 1 is 1.05 bits per heavy atom. The molecule has 0 saturated carbocycles. The van der Waals surface area contributed by atoms with E-state index in [1.807, 2.05) is 19.1 Å². The van der Waals surface area contributed by atoms with E-state index in [0.717, 1.165) is 66.6 Å². The molecule has 0 atom stereocenters. The SMILES string of the molecule is CCOC(=O)Cc1nc(N2CCN(Cc3cccc4c3OCO4)CC2)c2c(C)c(C(=O)OCC)sc2n1. The smallest absolute Gasteiger partial charge is 0.348 e. The maximum Gasteiger partial charge on any atom is 0.348 e. The molecule has 0 spiro atoms. The van der Waals surface area contributed by atoms with E-state index in [1.165, 1.54) is 11.3 Å². The highest BCUT2D eigenvalue weighted by Gasteiger charge is 2.27. The Hall–Kier alpha value is -3.44. The average molecular weight is 527 g/mol. The van der Waals surface area contributed by atoms with Crippen molar-refractivity contribution >= 4 is 39.3 Å². The van der Waals surface area contributed by atoms with Crippen LogP contribution < -0.4 is 14.4 Å². The molecule has 0 radical (unpaired) electrons. The predicted octanol–water partition coefficient (Wildman–Crippen LogP) is 3.33. The lowest BCUT2D eigenvalue weighted by molar-refractivity contribution is -0.142. The molecule has 0 amide bonds. The highest BCUT2D eigenvalue weighted by molar-refractivity contribution is 7.20. The van der Waals surface area contributed by atoms with Gasteiger partial charge in [-0.3, -0.25) is 9.69 Å². The molecule has 4 heterocycles. The van der Waals surface area contributed by atoms with Crippen LogP contribution in [0.25, 0.3) is 10.2 Å². The van der Waals surface area contributed by atoms with E-state index >= 15 is 0 Å². The number of ether oxygens (including phenoxy) is 4. The van der Waals surface area contributed by atoms with E-state index in [4.69, 9.17) is 23.9 Å². The Balaban J connectivity index is 1.40. The molecule has 11 heteroatoms. The highest BCUT2D eigenvalue weighted by atomic mass is 32.1. The number of nitrogens with zero attached hydrogens (tertiary/aromatic N) is 4. The molecule has 37 heavy (non-hydrogen) atoms. The van der Waals surface area contributed by atoms with E-state index < -0.39 is 0 Å². The fourth-order valence-corrected chi connectivity index (χ4v) is 5.76. The van der Waals surface area contributed by atoms with Gasteiger partial charge in [-0.15, -0.1) is 11.3 Å². The molecule has 196 valence electrons. The number of rotatable bonds is 8. The van der Waals surface area contributed by atoms with Gasteiger partial charge < -0.3 is 23.8 Å². The number of aryl methyl sites for hydroxylation is 1. The third-order valence-electron chi connectivity index (χ3n) is 6.43. The molecule has 3 aromatic rings. The number of anilines is 1. The number of thiophene rings is 1. The van der Waals surface area contributed by atoms with Crippen LogP contribution >= 0.6 is 11.3 Å². The third kappa shape index (κ3) is 5.19. The maximum absolute atomic E-state index is 12.6. The molecular formula is C26H30N4O6S. The zero-order valence-corrected chi connectivity index (χ0v) is 22.1. The fourth-order valence-electron chi connectivity index (χ4n) is 4.67. The second-order valence-electron chi connectivity index (χ2n) is 8.82. The van der Waals surface area contributed by atoms with Gasteiger partial charge in [0.25, 0.3) is 0 Å². The first-order valence-electron chi connectivity index (χ1n) is 12.5. The standard InChI is InChI=1S/C26H30N4O6S/c1-4-33-20(31)13-19-27-24(21-16(3)23(26(32)34-5-2)37-25(21)28-19)30-11-9-29(10-12-30)14-17-7-6-8-18-22(17)36-15-35-18/h6-8H,4-5,9-15H2,1-3H3. The lowest BCUT2D eigenvalue weighted by atomic mass is 10.1. The van der Waals surface area contributed by atoms with Gasteiger partial charge in [0.05, 0.1) is 18.6 Å². The summed E-state index contributed by atoms with van der Waals surface area (Å²) in [6.07, 6.45) is -0.0242. The van der Waals surface area contributed by atoms with Crippen LogP contribution in [0.4, 0.5) is 5.82 Å². The predicted molar refractivity (Wildman–Crippen MR) is 139 cm³/mol. The van der Waals surface area contributed by atoms with Gasteiger partial charge in [0.1, 0.15) is 27.8 Å². The van der Waals surface area contributed by atoms with Gasteiger partial charge in [-0.2, -0.15) is 0 Å². The summed E-state index contributed by atoms with van der Waals surface area (Å²) in [6.45, 7) is 10.2. The molecule has 1 saturated heterocycles. The lowest BCUT2D eigenvalue weighted by Crippen LogP contribution is -2.46. The van der Waals surface area contributed by atoms with Crippen molar-refractivity contribution in [1.82, 2.24) is 14.9 Å². The number of carbonyl (C=O) groups is 2. The zero-order chi connectivity index (χ0) is 25.9. The number of hydrogen-bond donors (Lipinski definition) is 0. The minimum absolute atomic E-state index is 0.0242. The summed E-state index contributed by atoms with van der Waals surface area (Å²) in [7, 11) is 0. The van der Waals surface area contributed by atoms with E-state index in [1.54, 1.807) is 13.8 Å². The summed E-state index contributed by atoms with van der Waals surface area (Å²) >= 11 is 1.28. The summed E-state index contributed by atoms with van der Waals surface area (Å²) in [5.41, 5.74) is 1.91.